The summed E-state index contributed by atoms with van der Waals surface area (Å²) in [6.45, 7) is 0. The van der Waals surface area contributed by atoms with E-state index in [0.29, 0.717) is 10.0 Å². The minimum absolute atomic E-state index is 0.0511. The molecule has 0 aliphatic heterocycles. The number of rotatable bonds is 3. The molecule has 0 spiro atoms. The summed E-state index contributed by atoms with van der Waals surface area (Å²) in [6, 6.07) is 17.4. The van der Waals surface area contributed by atoms with Crippen molar-refractivity contribution >= 4 is 65.3 Å². The van der Waals surface area contributed by atoms with Gasteiger partial charge in [0.2, 0.25) is 0 Å². The lowest BCUT2D eigenvalue weighted by atomic mass is 10.2. The molecule has 4 rings (SSSR count). The molecule has 0 saturated carbocycles. The fourth-order valence-corrected chi connectivity index (χ4v) is 4.67. The zero-order chi connectivity index (χ0) is 19.0. The second kappa shape index (κ2) is 7.42. The van der Waals surface area contributed by atoms with Crippen LogP contribution in [-0.2, 0) is 0 Å². The molecule has 7 heteroatoms. The van der Waals surface area contributed by atoms with Gasteiger partial charge in [-0.1, -0.05) is 12.1 Å². The van der Waals surface area contributed by atoms with Crippen molar-refractivity contribution in [1.29, 1.82) is 0 Å². The molecule has 1 heterocycles. The van der Waals surface area contributed by atoms with E-state index in [-0.39, 0.29) is 16.0 Å². The Balaban J connectivity index is 1.60. The first kappa shape index (κ1) is 18.2. The van der Waals surface area contributed by atoms with Crippen molar-refractivity contribution in [3.05, 3.63) is 69.1 Å². The second-order valence-corrected chi connectivity index (χ2v) is 8.43. The van der Waals surface area contributed by atoms with Crippen LogP contribution in [0.15, 0.2) is 68.5 Å². The van der Waals surface area contributed by atoms with Gasteiger partial charge in [-0.2, -0.15) is 0 Å². The van der Waals surface area contributed by atoms with Crippen molar-refractivity contribution in [2.24, 2.45) is 4.99 Å². The fourth-order valence-electron chi connectivity index (χ4n) is 2.55. The van der Waals surface area contributed by atoms with Crippen LogP contribution in [0.1, 0.15) is 5.56 Å². The molecule has 4 nitrogen and oxygen atoms in total. The number of hydrogen-bond donors (Lipinski definition) is 2. The number of halogens is 2. The van der Waals surface area contributed by atoms with E-state index in [1.54, 1.807) is 23.6 Å². The predicted molar refractivity (Wildman–Crippen MR) is 117 cm³/mol. The van der Waals surface area contributed by atoms with Crippen LogP contribution in [0.5, 0.6) is 11.5 Å². The van der Waals surface area contributed by atoms with Gasteiger partial charge in [0, 0.05) is 17.3 Å². The Morgan fingerprint density at radius 3 is 2.44 bits per heavy atom. The van der Waals surface area contributed by atoms with E-state index < -0.39 is 0 Å². The molecule has 3 aromatic carbocycles. The van der Waals surface area contributed by atoms with E-state index in [1.165, 1.54) is 0 Å². The topological polar surface area (TPSA) is 65.7 Å². The highest BCUT2D eigenvalue weighted by molar-refractivity contribution is 9.11. The standard InChI is InChI=1S/C20H12Br2N2O2S/c21-14-9-12(18(25)17(22)19(14)26)10-23-13-7-5-11(6-8-13)20-24-15-3-1-2-4-16(15)27-20/h1-10,25-26H/b23-10+. The molecule has 0 aliphatic rings. The molecular formula is C20H12Br2N2O2S. The van der Waals surface area contributed by atoms with Gasteiger partial charge in [0.15, 0.2) is 0 Å². The van der Waals surface area contributed by atoms with Gasteiger partial charge in [-0.05, 0) is 74.3 Å². The quantitative estimate of drug-likeness (QED) is 0.307. The number of phenols is 2. The molecule has 0 fully saturated rings. The molecule has 1 aromatic heterocycles. The molecule has 0 bridgehead atoms. The Labute approximate surface area is 176 Å². The Morgan fingerprint density at radius 1 is 0.963 bits per heavy atom. The number of aliphatic imine (C=N–C) groups is 1. The third-order valence-electron chi connectivity index (χ3n) is 3.96. The van der Waals surface area contributed by atoms with Crippen LogP contribution in [0.3, 0.4) is 0 Å². The molecular weight excluding hydrogens is 492 g/mol. The van der Waals surface area contributed by atoms with E-state index in [4.69, 9.17) is 0 Å². The number of aromatic hydroxyl groups is 2. The van der Waals surface area contributed by atoms with E-state index in [0.717, 1.165) is 26.5 Å². The van der Waals surface area contributed by atoms with Crippen molar-refractivity contribution in [3.63, 3.8) is 0 Å². The normalized spacial score (nSPS) is 11.5. The Morgan fingerprint density at radius 2 is 1.70 bits per heavy atom. The minimum Gasteiger partial charge on any atom is -0.506 e. The summed E-state index contributed by atoms with van der Waals surface area (Å²) in [5.74, 6) is -0.115. The number of thiazole rings is 1. The summed E-state index contributed by atoms with van der Waals surface area (Å²) in [5, 5.41) is 20.9. The molecule has 0 radical (unpaired) electrons. The summed E-state index contributed by atoms with van der Waals surface area (Å²) in [7, 11) is 0. The average Bonchev–Trinajstić information content (AvgIpc) is 3.13. The lowest BCUT2D eigenvalue weighted by Gasteiger charge is -2.06. The first-order valence-electron chi connectivity index (χ1n) is 7.93. The fraction of sp³-hybridized carbons (Fsp3) is 0. The third kappa shape index (κ3) is 3.63. The number of benzene rings is 3. The first-order valence-corrected chi connectivity index (χ1v) is 10.3. The SMILES string of the molecule is Oc1c(Br)cc(/C=N/c2ccc(-c3nc4ccccc4s3)cc2)c(O)c1Br. The lowest BCUT2D eigenvalue weighted by Crippen LogP contribution is -1.85. The maximum absolute atomic E-state index is 10.1. The van der Waals surface area contributed by atoms with Crippen LogP contribution in [0.25, 0.3) is 20.8 Å². The van der Waals surface area contributed by atoms with E-state index in [9.17, 15) is 10.2 Å². The van der Waals surface area contributed by atoms with Gasteiger partial charge in [-0.25, -0.2) is 4.98 Å². The second-order valence-electron chi connectivity index (χ2n) is 5.75. The molecule has 4 aromatic rings. The summed E-state index contributed by atoms with van der Waals surface area (Å²) in [4.78, 5) is 9.06. The zero-order valence-electron chi connectivity index (χ0n) is 13.7. The molecule has 0 unspecified atom stereocenters. The number of hydrogen-bond acceptors (Lipinski definition) is 5. The molecule has 0 aliphatic carbocycles. The number of para-hydroxylation sites is 1. The minimum atomic E-state index is -0.0643. The summed E-state index contributed by atoms with van der Waals surface area (Å²) < 4.78 is 1.86. The van der Waals surface area contributed by atoms with Crippen LogP contribution >= 0.6 is 43.2 Å². The van der Waals surface area contributed by atoms with Crippen LogP contribution in [0.4, 0.5) is 5.69 Å². The Kier molecular flexibility index (Phi) is 4.99. The predicted octanol–water partition coefficient (Wildman–Crippen LogP) is 6.65. The third-order valence-corrected chi connectivity index (χ3v) is 6.40. The van der Waals surface area contributed by atoms with Crippen molar-refractivity contribution in [3.8, 4) is 22.1 Å². The number of nitrogens with zero attached hydrogens (tertiary/aromatic N) is 2. The average molecular weight is 504 g/mol. The highest BCUT2D eigenvalue weighted by atomic mass is 79.9. The molecule has 134 valence electrons. The molecule has 0 amide bonds. The molecule has 0 saturated heterocycles. The monoisotopic (exact) mass is 502 g/mol. The number of aromatic nitrogens is 1. The van der Waals surface area contributed by atoms with Crippen molar-refractivity contribution in [1.82, 2.24) is 4.98 Å². The molecule has 27 heavy (non-hydrogen) atoms. The molecule has 2 N–H and O–H groups in total. The highest BCUT2D eigenvalue weighted by Crippen LogP contribution is 2.40. The number of fused-ring (bicyclic) bond motifs is 1. The first-order chi connectivity index (χ1) is 13.0. The molecule has 0 atom stereocenters. The van der Waals surface area contributed by atoms with Gasteiger partial charge in [-0.15, -0.1) is 11.3 Å². The van der Waals surface area contributed by atoms with Crippen molar-refractivity contribution in [2.75, 3.05) is 0 Å². The summed E-state index contributed by atoms with van der Waals surface area (Å²) >= 11 is 8.06. The van der Waals surface area contributed by atoms with Gasteiger partial charge >= 0.3 is 0 Å². The maximum Gasteiger partial charge on any atom is 0.147 e. The summed E-state index contributed by atoms with van der Waals surface area (Å²) in [5.41, 5.74) is 3.27. The van der Waals surface area contributed by atoms with Gasteiger partial charge in [0.05, 0.1) is 20.4 Å². The zero-order valence-corrected chi connectivity index (χ0v) is 17.7. The van der Waals surface area contributed by atoms with Crippen LogP contribution in [0, 0.1) is 0 Å². The Bertz CT molecular complexity index is 1140. The van der Waals surface area contributed by atoms with E-state index >= 15 is 0 Å². The van der Waals surface area contributed by atoms with E-state index in [1.807, 2.05) is 42.5 Å². The largest absolute Gasteiger partial charge is 0.506 e. The number of phenolic OH excluding ortho intramolecular Hbond substituents is 2. The van der Waals surface area contributed by atoms with Crippen LogP contribution < -0.4 is 0 Å². The van der Waals surface area contributed by atoms with Gasteiger partial charge in [0.1, 0.15) is 21.0 Å². The van der Waals surface area contributed by atoms with Crippen molar-refractivity contribution < 1.29 is 10.2 Å². The Hall–Kier alpha value is -2.22. The smallest absolute Gasteiger partial charge is 0.147 e. The van der Waals surface area contributed by atoms with Crippen molar-refractivity contribution in [2.45, 2.75) is 0 Å². The lowest BCUT2D eigenvalue weighted by molar-refractivity contribution is 0.442. The van der Waals surface area contributed by atoms with Gasteiger partial charge in [-0.3, -0.25) is 4.99 Å². The van der Waals surface area contributed by atoms with E-state index in [2.05, 4.69) is 47.9 Å². The van der Waals surface area contributed by atoms with Gasteiger partial charge < -0.3 is 10.2 Å². The maximum atomic E-state index is 10.1. The van der Waals surface area contributed by atoms with Crippen LogP contribution in [0.2, 0.25) is 0 Å². The highest BCUT2D eigenvalue weighted by Gasteiger charge is 2.12. The van der Waals surface area contributed by atoms with Crippen LogP contribution in [-0.4, -0.2) is 21.4 Å². The summed E-state index contributed by atoms with van der Waals surface area (Å²) in [6.07, 6.45) is 1.55. The van der Waals surface area contributed by atoms with Gasteiger partial charge in [0.25, 0.3) is 0 Å².